The molecule has 1 heterocycles. The number of fused-ring (bicyclic) bond motifs is 1. The standard InChI is InChI=1S/C16H16O2S/c17-16(14-7-8-18-10-14)11-19-15-6-5-12-3-1-2-4-13(12)9-15/h1-6,9,14H,7-8,10-11H2. The molecule has 2 aromatic rings. The summed E-state index contributed by atoms with van der Waals surface area (Å²) in [6.07, 6.45) is 0.886. The first-order chi connectivity index (χ1) is 9.33. The van der Waals surface area contributed by atoms with Crippen LogP contribution in [0.25, 0.3) is 10.8 Å². The van der Waals surface area contributed by atoms with Crippen LogP contribution in [0.15, 0.2) is 47.4 Å². The van der Waals surface area contributed by atoms with Crippen molar-refractivity contribution in [3.63, 3.8) is 0 Å². The Kier molecular flexibility index (Phi) is 3.85. The lowest BCUT2D eigenvalue weighted by Crippen LogP contribution is -2.16. The van der Waals surface area contributed by atoms with Gasteiger partial charge >= 0.3 is 0 Å². The first-order valence-electron chi connectivity index (χ1n) is 6.55. The van der Waals surface area contributed by atoms with Crippen LogP contribution in [-0.2, 0) is 9.53 Å². The molecular formula is C16H16O2S. The van der Waals surface area contributed by atoms with E-state index in [9.17, 15) is 4.79 Å². The topological polar surface area (TPSA) is 26.3 Å². The molecule has 2 nitrogen and oxygen atoms in total. The van der Waals surface area contributed by atoms with Crippen LogP contribution in [-0.4, -0.2) is 24.7 Å². The second-order valence-corrected chi connectivity index (χ2v) is 5.87. The minimum Gasteiger partial charge on any atom is -0.381 e. The van der Waals surface area contributed by atoms with E-state index in [2.05, 4.69) is 30.3 Å². The van der Waals surface area contributed by atoms with Crippen LogP contribution in [0.2, 0.25) is 0 Å². The van der Waals surface area contributed by atoms with Crippen LogP contribution in [0.3, 0.4) is 0 Å². The van der Waals surface area contributed by atoms with Gasteiger partial charge in [0.1, 0.15) is 5.78 Å². The molecule has 2 aromatic carbocycles. The largest absolute Gasteiger partial charge is 0.381 e. The Balaban J connectivity index is 1.66. The molecule has 0 bridgehead atoms. The average molecular weight is 272 g/mol. The molecule has 1 fully saturated rings. The minimum absolute atomic E-state index is 0.118. The maximum Gasteiger partial charge on any atom is 0.148 e. The van der Waals surface area contributed by atoms with Crippen LogP contribution in [0, 0.1) is 5.92 Å². The van der Waals surface area contributed by atoms with Crippen LogP contribution < -0.4 is 0 Å². The highest BCUT2D eigenvalue weighted by Crippen LogP contribution is 2.25. The molecular weight excluding hydrogens is 256 g/mol. The molecule has 1 aliphatic rings. The fourth-order valence-electron chi connectivity index (χ4n) is 2.32. The molecule has 0 spiro atoms. The third kappa shape index (κ3) is 2.99. The van der Waals surface area contributed by atoms with Gasteiger partial charge in [-0.15, -0.1) is 11.8 Å². The quantitative estimate of drug-likeness (QED) is 0.796. The Morgan fingerprint density at radius 3 is 2.84 bits per heavy atom. The van der Waals surface area contributed by atoms with Crippen molar-refractivity contribution in [1.29, 1.82) is 0 Å². The summed E-state index contributed by atoms with van der Waals surface area (Å²) in [5, 5.41) is 2.46. The number of ketones is 1. The number of hydrogen-bond acceptors (Lipinski definition) is 3. The van der Waals surface area contributed by atoms with Gasteiger partial charge < -0.3 is 4.74 Å². The SMILES string of the molecule is O=C(CSc1ccc2ccccc2c1)C1CCOC1. The Hall–Kier alpha value is -1.32. The van der Waals surface area contributed by atoms with Crippen molar-refractivity contribution in [2.45, 2.75) is 11.3 Å². The minimum atomic E-state index is 0.118. The zero-order chi connectivity index (χ0) is 13.1. The van der Waals surface area contributed by atoms with Gasteiger partial charge in [-0.1, -0.05) is 30.3 Å². The number of thioether (sulfide) groups is 1. The summed E-state index contributed by atoms with van der Waals surface area (Å²) >= 11 is 1.63. The zero-order valence-corrected chi connectivity index (χ0v) is 11.5. The Labute approximate surface area is 117 Å². The van der Waals surface area contributed by atoms with Crippen LogP contribution in [0.1, 0.15) is 6.42 Å². The number of carbonyl (C=O) groups excluding carboxylic acids is 1. The van der Waals surface area contributed by atoms with Crippen molar-refractivity contribution >= 4 is 28.3 Å². The highest BCUT2D eigenvalue weighted by Gasteiger charge is 2.23. The van der Waals surface area contributed by atoms with E-state index in [-0.39, 0.29) is 5.92 Å². The van der Waals surface area contributed by atoms with Crippen LogP contribution in [0.5, 0.6) is 0 Å². The molecule has 0 N–H and O–H groups in total. The molecule has 1 aliphatic heterocycles. The molecule has 98 valence electrons. The summed E-state index contributed by atoms with van der Waals surface area (Å²) in [5.41, 5.74) is 0. The number of benzene rings is 2. The molecule has 3 rings (SSSR count). The van der Waals surface area contributed by atoms with Crippen molar-refractivity contribution in [3.8, 4) is 0 Å². The van der Waals surface area contributed by atoms with Crippen molar-refractivity contribution < 1.29 is 9.53 Å². The number of carbonyl (C=O) groups is 1. The molecule has 0 saturated carbocycles. The van der Waals surface area contributed by atoms with Gasteiger partial charge in [-0.2, -0.15) is 0 Å². The van der Waals surface area contributed by atoms with Gasteiger partial charge in [0.2, 0.25) is 0 Å². The normalized spacial score (nSPS) is 18.8. The fraction of sp³-hybridized carbons (Fsp3) is 0.312. The van der Waals surface area contributed by atoms with E-state index in [0.29, 0.717) is 18.1 Å². The molecule has 1 unspecified atom stereocenters. The van der Waals surface area contributed by atoms with Crippen molar-refractivity contribution in [3.05, 3.63) is 42.5 Å². The van der Waals surface area contributed by atoms with E-state index < -0.39 is 0 Å². The number of hydrogen-bond donors (Lipinski definition) is 0. The molecule has 0 amide bonds. The zero-order valence-electron chi connectivity index (χ0n) is 10.7. The lowest BCUT2D eigenvalue weighted by atomic mass is 10.1. The third-order valence-electron chi connectivity index (χ3n) is 3.49. The molecule has 1 atom stereocenters. The summed E-state index contributed by atoms with van der Waals surface area (Å²) < 4.78 is 5.26. The molecule has 0 radical (unpaired) electrons. The second kappa shape index (κ2) is 5.76. The van der Waals surface area contributed by atoms with E-state index in [0.717, 1.165) is 17.9 Å². The summed E-state index contributed by atoms with van der Waals surface area (Å²) in [4.78, 5) is 13.1. The fourth-order valence-corrected chi connectivity index (χ4v) is 3.24. The van der Waals surface area contributed by atoms with E-state index in [1.165, 1.54) is 10.8 Å². The summed E-state index contributed by atoms with van der Waals surface area (Å²) in [5.74, 6) is 0.982. The highest BCUT2D eigenvalue weighted by atomic mass is 32.2. The summed E-state index contributed by atoms with van der Waals surface area (Å²) in [6.45, 7) is 1.34. The summed E-state index contributed by atoms with van der Waals surface area (Å²) in [6, 6.07) is 14.6. The number of ether oxygens (including phenoxy) is 1. The van der Waals surface area contributed by atoms with Crippen molar-refractivity contribution in [2.24, 2.45) is 5.92 Å². The molecule has 0 aliphatic carbocycles. The lowest BCUT2D eigenvalue weighted by molar-refractivity contribution is -0.120. The van der Waals surface area contributed by atoms with E-state index in [1.807, 2.05) is 12.1 Å². The van der Waals surface area contributed by atoms with Gasteiger partial charge in [0.15, 0.2) is 0 Å². The monoisotopic (exact) mass is 272 g/mol. The second-order valence-electron chi connectivity index (χ2n) is 4.82. The Morgan fingerprint density at radius 2 is 2.05 bits per heavy atom. The lowest BCUT2D eigenvalue weighted by Gasteiger charge is -2.07. The first kappa shape index (κ1) is 12.7. The first-order valence-corrected chi connectivity index (χ1v) is 7.53. The number of Topliss-reactive ketones (excluding diaryl/α,β-unsaturated/α-hetero) is 1. The highest BCUT2D eigenvalue weighted by molar-refractivity contribution is 8.00. The van der Waals surface area contributed by atoms with Gasteiger partial charge in [-0.3, -0.25) is 4.79 Å². The predicted molar refractivity (Wildman–Crippen MR) is 78.6 cm³/mol. The smallest absolute Gasteiger partial charge is 0.148 e. The molecule has 19 heavy (non-hydrogen) atoms. The van der Waals surface area contributed by atoms with Gasteiger partial charge in [0.25, 0.3) is 0 Å². The van der Waals surface area contributed by atoms with E-state index in [4.69, 9.17) is 4.74 Å². The van der Waals surface area contributed by atoms with Crippen LogP contribution in [0.4, 0.5) is 0 Å². The third-order valence-corrected chi connectivity index (χ3v) is 4.50. The Morgan fingerprint density at radius 1 is 1.21 bits per heavy atom. The van der Waals surface area contributed by atoms with Gasteiger partial charge in [-0.05, 0) is 29.3 Å². The Bertz CT molecular complexity index is 588. The number of rotatable bonds is 4. The van der Waals surface area contributed by atoms with Crippen LogP contribution >= 0.6 is 11.8 Å². The van der Waals surface area contributed by atoms with E-state index >= 15 is 0 Å². The molecule has 3 heteroatoms. The summed E-state index contributed by atoms with van der Waals surface area (Å²) in [7, 11) is 0. The van der Waals surface area contributed by atoms with Crippen molar-refractivity contribution in [2.75, 3.05) is 19.0 Å². The van der Waals surface area contributed by atoms with Gasteiger partial charge in [-0.25, -0.2) is 0 Å². The van der Waals surface area contributed by atoms with Gasteiger partial charge in [0.05, 0.1) is 12.4 Å². The molecule has 0 aromatic heterocycles. The van der Waals surface area contributed by atoms with E-state index in [1.54, 1.807) is 11.8 Å². The maximum atomic E-state index is 12.0. The van der Waals surface area contributed by atoms with Crippen molar-refractivity contribution in [1.82, 2.24) is 0 Å². The molecule has 1 saturated heterocycles. The van der Waals surface area contributed by atoms with Gasteiger partial charge in [0, 0.05) is 17.4 Å². The maximum absolute atomic E-state index is 12.0. The average Bonchev–Trinajstić information content (AvgIpc) is 2.99. The predicted octanol–water partition coefficient (Wildman–Crippen LogP) is 3.54.